The Hall–Kier alpha value is -0.630. The van der Waals surface area contributed by atoms with E-state index in [0.29, 0.717) is 24.9 Å². The molecule has 19 heavy (non-hydrogen) atoms. The Morgan fingerprint density at radius 3 is 2.95 bits per heavy atom. The molecule has 2 aliphatic heterocycles. The minimum Gasteiger partial charge on any atom is -0.381 e. The Bertz CT molecular complexity index is 414. The third kappa shape index (κ3) is 2.65. The summed E-state index contributed by atoms with van der Waals surface area (Å²) in [7, 11) is 1.70. The zero-order valence-electron chi connectivity index (χ0n) is 11.1. The summed E-state index contributed by atoms with van der Waals surface area (Å²) in [5, 5.41) is 7.54. The predicted octanol–water partition coefficient (Wildman–Crippen LogP) is 1.10. The lowest BCUT2D eigenvalue weighted by atomic mass is 9.93. The minimum atomic E-state index is -0.443. The second-order valence-electron chi connectivity index (χ2n) is 4.85. The molecule has 2 fully saturated rings. The first-order chi connectivity index (χ1) is 9.34. The van der Waals surface area contributed by atoms with E-state index >= 15 is 0 Å². The van der Waals surface area contributed by atoms with Crippen LogP contribution in [0.5, 0.6) is 0 Å². The first-order valence-electron chi connectivity index (χ1n) is 6.62. The van der Waals surface area contributed by atoms with E-state index in [0.717, 1.165) is 30.9 Å². The molecule has 0 radical (unpaired) electrons. The monoisotopic (exact) mass is 285 g/mol. The number of hydrogen-bond acceptors (Lipinski definition) is 7. The number of thioether (sulfide) groups is 1. The molecule has 0 saturated carbocycles. The minimum absolute atomic E-state index is 0.161. The molecule has 7 heteroatoms. The predicted molar refractivity (Wildman–Crippen MR) is 71.1 cm³/mol. The lowest BCUT2D eigenvalue weighted by Crippen LogP contribution is -2.37. The molecule has 3 rings (SSSR count). The van der Waals surface area contributed by atoms with Crippen molar-refractivity contribution in [1.82, 2.24) is 15.5 Å². The van der Waals surface area contributed by atoms with Gasteiger partial charge in [0.25, 0.3) is 0 Å². The summed E-state index contributed by atoms with van der Waals surface area (Å²) in [6.45, 7) is 2.33. The third-order valence-electron chi connectivity index (χ3n) is 3.76. The Morgan fingerprint density at radius 2 is 2.26 bits per heavy atom. The number of nitrogens with zero attached hydrogens (tertiary/aromatic N) is 2. The van der Waals surface area contributed by atoms with Crippen molar-refractivity contribution in [2.45, 2.75) is 24.5 Å². The van der Waals surface area contributed by atoms with Gasteiger partial charge in [-0.3, -0.25) is 0 Å². The maximum Gasteiger partial charge on any atom is 0.244 e. The van der Waals surface area contributed by atoms with Gasteiger partial charge in [-0.15, -0.1) is 0 Å². The van der Waals surface area contributed by atoms with E-state index in [-0.39, 0.29) is 6.04 Å². The van der Waals surface area contributed by atoms with Crippen molar-refractivity contribution in [3.05, 3.63) is 11.7 Å². The van der Waals surface area contributed by atoms with Crippen LogP contribution in [-0.2, 0) is 15.1 Å². The number of nitrogens with one attached hydrogen (secondary N) is 1. The fraction of sp³-hybridized carbons (Fsp3) is 0.833. The van der Waals surface area contributed by atoms with Crippen molar-refractivity contribution in [3.63, 3.8) is 0 Å². The highest BCUT2D eigenvalue weighted by Gasteiger charge is 2.39. The molecule has 2 aliphatic rings. The molecule has 0 amide bonds. The Balaban J connectivity index is 1.79. The highest BCUT2D eigenvalue weighted by molar-refractivity contribution is 7.99. The fourth-order valence-corrected chi connectivity index (χ4v) is 3.43. The Labute approximate surface area is 116 Å². The number of ether oxygens (including phenoxy) is 2. The van der Waals surface area contributed by atoms with Gasteiger partial charge in [-0.05, 0) is 0 Å². The summed E-state index contributed by atoms with van der Waals surface area (Å²) >= 11 is 1.91. The van der Waals surface area contributed by atoms with Crippen molar-refractivity contribution >= 4 is 11.8 Å². The molecule has 1 aromatic heterocycles. The average molecular weight is 285 g/mol. The van der Waals surface area contributed by atoms with E-state index in [1.807, 2.05) is 11.8 Å². The van der Waals surface area contributed by atoms with Gasteiger partial charge in [-0.25, -0.2) is 0 Å². The van der Waals surface area contributed by atoms with Gasteiger partial charge in [0.15, 0.2) is 0 Å². The van der Waals surface area contributed by atoms with Crippen LogP contribution >= 0.6 is 11.8 Å². The molecule has 0 bridgehead atoms. The zero-order chi connectivity index (χ0) is 13.1. The normalized spacial score (nSPS) is 27.3. The van der Waals surface area contributed by atoms with Crippen LogP contribution in [0.3, 0.4) is 0 Å². The largest absolute Gasteiger partial charge is 0.381 e. The van der Waals surface area contributed by atoms with Crippen LogP contribution < -0.4 is 5.32 Å². The van der Waals surface area contributed by atoms with Crippen LogP contribution in [0.1, 0.15) is 30.6 Å². The molecule has 1 unspecified atom stereocenters. The van der Waals surface area contributed by atoms with Crippen molar-refractivity contribution in [2.75, 3.05) is 38.4 Å². The molecule has 1 atom stereocenters. The zero-order valence-corrected chi connectivity index (χ0v) is 11.9. The number of rotatable bonds is 3. The van der Waals surface area contributed by atoms with Crippen LogP contribution in [-0.4, -0.2) is 48.5 Å². The molecule has 0 spiro atoms. The number of methoxy groups -OCH3 is 1. The lowest BCUT2D eigenvalue weighted by molar-refractivity contribution is -0.101. The standard InChI is InChI=1S/C12H19N3O3S/c1-16-12(2-5-17-6-3-12)11-14-10(18-15-11)9-8-19-7-4-13-9/h9,13H,2-8H2,1H3. The molecular formula is C12H19N3O3S. The summed E-state index contributed by atoms with van der Waals surface area (Å²) in [5.74, 6) is 3.44. The van der Waals surface area contributed by atoms with Crippen LogP contribution in [0.15, 0.2) is 4.52 Å². The summed E-state index contributed by atoms with van der Waals surface area (Å²) in [4.78, 5) is 4.57. The summed E-state index contributed by atoms with van der Waals surface area (Å²) in [5.41, 5.74) is -0.443. The van der Waals surface area contributed by atoms with E-state index in [1.165, 1.54) is 0 Å². The van der Waals surface area contributed by atoms with E-state index in [1.54, 1.807) is 7.11 Å². The summed E-state index contributed by atoms with van der Waals surface area (Å²) in [6, 6.07) is 0.161. The quantitative estimate of drug-likeness (QED) is 0.891. The van der Waals surface area contributed by atoms with Crippen molar-refractivity contribution < 1.29 is 14.0 Å². The Kier molecular flexibility index (Phi) is 4.07. The highest BCUT2D eigenvalue weighted by Crippen LogP contribution is 2.34. The molecule has 0 aliphatic carbocycles. The van der Waals surface area contributed by atoms with Gasteiger partial charge in [0.1, 0.15) is 5.60 Å². The van der Waals surface area contributed by atoms with Crippen molar-refractivity contribution in [1.29, 1.82) is 0 Å². The van der Waals surface area contributed by atoms with E-state index in [4.69, 9.17) is 14.0 Å². The first-order valence-corrected chi connectivity index (χ1v) is 7.78. The smallest absolute Gasteiger partial charge is 0.244 e. The third-order valence-corrected chi connectivity index (χ3v) is 4.82. The molecule has 0 aromatic carbocycles. The average Bonchev–Trinajstić information content (AvgIpc) is 2.99. The molecular weight excluding hydrogens is 266 g/mol. The second kappa shape index (κ2) is 5.78. The maximum absolute atomic E-state index is 5.67. The first kappa shape index (κ1) is 13.4. The fourth-order valence-electron chi connectivity index (χ4n) is 2.51. The van der Waals surface area contributed by atoms with Crippen molar-refractivity contribution in [3.8, 4) is 0 Å². The summed E-state index contributed by atoms with van der Waals surface area (Å²) in [6.07, 6.45) is 1.55. The molecule has 3 heterocycles. The lowest BCUT2D eigenvalue weighted by Gasteiger charge is -2.32. The number of hydrogen-bond donors (Lipinski definition) is 1. The van der Waals surface area contributed by atoms with E-state index in [9.17, 15) is 0 Å². The topological polar surface area (TPSA) is 69.4 Å². The molecule has 1 N–H and O–H groups in total. The SMILES string of the molecule is COC1(c2noc(C3CSCCN3)n2)CCOCC1. The highest BCUT2D eigenvalue weighted by atomic mass is 32.2. The van der Waals surface area contributed by atoms with E-state index < -0.39 is 5.60 Å². The molecule has 1 aromatic rings. The second-order valence-corrected chi connectivity index (χ2v) is 6.00. The Morgan fingerprint density at radius 1 is 1.42 bits per heavy atom. The summed E-state index contributed by atoms with van der Waals surface area (Å²) < 4.78 is 16.5. The van der Waals surface area contributed by atoms with Gasteiger partial charge in [0.05, 0.1) is 6.04 Å². The van der Waals surface area contributed by atoms with E-state index in [2.05, 4.69) is 15.5 Å². The van der Waals surface area contributed by atoms with Crippen LogP contribution in [0.25, 0.3) is 0 Å². The number of aromatic nitrogens is 2. The molecule has 2 saturated heterocycles. The van der Waals surface area contributed by atoms with Gasteiger partial charge < -0.3 is 19.3 Å². The maximum atomic E-state index is 5.67. The van der Waals surface area contributed by atoms with Crippen LogP contribution in [0.4, 0.5) is 0 Å². The van der Waals surface area contributed by atoms with Crippen LogP contribution in [0, 0.1) is 0 Å². The van der Waals surface area contributed by atoms with Gasteiger partial charge in [-0.2, -0.15) is 16.7 Å². The van der Waals surface area contributed by atoms with Gasteiger partial charge >= 0.3 is 0 Å². The van der Waals surface area contributed by atoms with Crippen molar-refractivity contribution in [2.24, 2.45) is 0 Å². The van der Waals surface area contributed by atoms with Gasteiger partial charge in [0.2, 0.25) is 11.7 Å². The van der Waals surface area contributed by atoms with Crippen LogP contribution in [0.2, 0.25) is 0 Å². The molecule has 106 valence electrons. The van der Waals surface area contributed by atoms with Gasteiger partial charge in [0, 0.05) is 51.2 Å². The molecule has 6 nitrogen and oxygen atoms in total. The van der Waals surface area contributed by atoms with Gasteiger partial charge in [-0.1, -0.05) is 5.16 Å².